The average molecular weight is 285 g/mol. The molecule has 21 heavy (non-hydrogen) atoms. The summed E-state index contributed by atoms with van der Waals surface area (Å²) >= 11 is 0. The number of hydrogen-bond acceptors (Lipinski definition) is 2. The number of fused-ring (bicyclic) bond motifs is 1. The van der Waals surface area contributed by atoms with Gasteiger partial charge >= 0.3 is 0 Å². The number of anilines is 1. The number of hydrogen-bond donors (Lipinski definition) is 1. The summed E-state index contributed by atoms with van der Waals surface area (Å²) in [5.41, 5.74) is 10.1. The van der Waals surface area contributed by atoms with Gasteiger partial charge in [-0.1, -0.05) is 26.8 Å². The van der Waals surface area contributed by atoms with Crippen molar-refractivity contribution in [2.24, 2.45) is 11.3 Å². The van der Waals surface area contributed by atoms with Crippen LogP contribution in [0.15, 0.2) is 18.2 Å². The van der Waals surface area contributed by atoms with Gasteiger partial charge in [0.15, 0.2) is 0 Å². The number of rotatable bonds is 1. The fraction of sp³-hybridized carbons (Fsp3) is 0.611. The summed E-state index contributed by atoms with van der Waals surface area (Å²) < 4.78 is 2.09. The molecule has 0 aliphatic heterocycles. The molecule has 3 rings (SSSR count). The van der Waals surface area contributed by atoms with Gasteiger partial charge in [0.2, 0.25) is 0 Å². The number of nitrogens with two attached hydrogens (primary N) is 1. The molecule has 0 saturated heterocycles. The number of imidazole rings is 1. The molecule has 0 atom stereocenters. The molecule has 0 aromatic carbocycles. The van der Waals surface area contributed by atoms with Crippen molar-refractivity contribution in [1.82, 2.24) is 9.38 Å². The highest BCUT2D eigenvalue weighted by molar-refractivity contribution is 5.55. The summed E-state index contributed by atoms with van der Waals surface area (Å²) in [6.07, 6.45) is 5.02. The summed E-state index contributed by atoms with van der Waals surface area (Å²) in [6, 6.07) is 6.19. The van der Waals surface area contributed by atoms with Crippen molar-refractivity contribution in [3.05, 3.63) is 29.6 Å². The van der Waals surface area contributed by atoms with Gasteiger partial charge in [0, 0.05) is 11.6 Å². The van der Waals surface area contributed by atoms with Crippen molar-refractivity contribution < 1.29 is 0 Å². The molecule has 2 aromatic rings. The highest BCUT2D eigenvalue weighted by Crippen LogP contribution is 2.44. The third kappa shape index (κ3) is 2.54. The van der Waals surface area contributed by atoms with Crippen molar-refractivity contribution >= 4 is 11.5 Å². The average Bonchev–Trinajstić information content (AvgIpc) is 2.77. The molecule has 3 heteroatoms. The Morgan fingerprint density at radius 3 is 2.38 bits per heavy atom. The molecule has 2 N–H and O–H groups in total. The zero-order valence-electron chi connectivity index (χ0n) is 13.7. The first kappa shape index (κ1) is 14.4. The number of aromatic nitrogens is 2. The minimum absolute atomic E-state index is 0.423. The molecule has 0 unspecified atom stereocenters. The van der Waals surface area contributed by atoms with Gasteiger partial charge in [0.1, 0.15) is 11.5 Å². The van der Waals surface area contributed by atoms with Crippen LogP contribution in [-0.2, 0) is 0 Å². The van der Waals surface area contributed by atoms with E-state index in [1.165, 1.54) is 25.7 Å². The van der Waals surface area contributed by atoms with Crippen LogP contribution in [0.4, 0.5) is 5.82 Å². The van der Waals surface area contributed by atoms with Crippen LogP contribution >= 0.6 is 0 Å². The molecule has 1 aliphatic rings. The number of nitrogen functional groups attached to an aromatic ring is 1. The van der Waals surface area contributed by atoms with Gasteiger partial charge < -0.3 is 5.73 Å². The molecular formula is C18H27N3. The van der Waals surface area contributed by atoms with Crippen LogP contribution in [0.2, 0.25) is 0 Å². The first-order chi connectivity index (χ1) is 9.88. The van der Waals surface area contributed by atoms with Crippen LogP contribution < -0.4 is 5.73 Å². The van der Waals surface area contributed by atoms with Crippen LogP contribution in [0, 0.1) is 18.3 Å². The molecule has 0 radical (unpaired) electrons. The summed E-state index contributed by atoms with van der Waals surface area (Å²) in [4.78, 5) is 4.82. The Kier molecular flexibility index (Phi) is 3.46. The molecule has 114 valence electrons. The fourth-order valence-corrected chi connectivity index (χ4v) is 3.83. The molecule has 1 saturated carbocycles. The Labute approximate surface area is 127 Å². The molecule has 0 bridgehead atoms. The highest BCUT2D eigenvalue weighted by atomic mass is 15.1. The number of nitrogens with zero attached hydrogens (tertiary/aromatic N) is 2. The molecule has 3 nitrogen and oxygen atoms in total. The topological polar surface area (TPSA) is 43.3 Å². The molecule has 1 aliphatic carbocycles. The van der Waals surface area contributed by atoms with E-state index >= 15 is 0 Å². The fourth-order valence-electron chi connectivity index (χ4n) is 3.83. The Morgan fingerprint density at radius 2 is 1.81 bits per heavy atom. The second kappa shape index (κ2) is 5.04. The van der Waals surface area contributed by atoms with Crippen molar-refractivity contribution in [3.63, 3.8) is 0 Å². The van der Waals surface area contributed by atoms with Gasteiger partial charge in [-0.15, -0.1) is 0 Å². The van der Waals surface area contributed by atoms with E-state index in [1.54, 1.807) is 0 Å². The smallest absolute Gasteiger partial charge is 0.138 e. The molecule has 0 spiro atoms. The predicted octanol–water partition coefficient (Wildman–Crippen LogP) is 4.54. The van der Waals surface area contributed by atoms with E-state index in [4.69, 9.17) is 10.7 Å². The quantitative estimate of drug-likeness (QED) is 0.835. The standard InChI is InChI=1S/C18H27N3/c1-12-6-5-7-15-20-16(17(19)21(12)15)13-8-10-14(11-9-13)18(2,3)4/h5-7,13-14H,8-11,19H2,1-4H3. The van der Waals surface area contributed by atoms with Crippen LogP contribution in [-0.4, -0.2) is 9.38 Å². The predicted molar refractivity (Wildman–Crippen MR) is 88.5 cm³/mol. The third-order valence-corrected chi connectivity index (χ3v) is 5.24. The number of pyridine rings is 1. The van der Waals surface area contributed by atoms with Gasteiger partial charge in [-0.2, -0.15) is 0 Å². The first-order valence-electron chi connectivity index (χ1n) is 8.11. The van der Waals surface area contributed by atoms with Crippen LogP contribution in [0.5, 0.6) is 0 Å². The Hall–Kier alpha value is -1.51. The lowest BCUT2D eigenvalue weighted by atomic mass is 9.69. The Morgan fingerprint density at radius 1 is 1.14 bits per heavy atom. The van der Waals surface area contributed by atoms with Gasteiger partial charge in [0.25, 0.3) is 0 Å². The van der Waals surface area contributed by atoms with Crippen molar-refractivity contribution in [2.45, 2.75) is 59.3 Å². The zero-order valence-corrected chi connectivity index (χ0v) is 13.7. The second-order valence-electron chi connectivity index (χ2n) is 7.66. The van der Waals surface area contributed by atoms with Gasteiger partial charge in [-0.3, -0.25) is 4.40 Å². The third-order valence-electron chi connectivity index (χ3n) is 5.24. The molecular weight excluding hydrogens is 258 g/mol. The molecule has 1 fully saturated rings. The monoisotopic (exact) mass is 285 g/mol. The molecule has 2 heterocycles. The maximum absolute atomic E-state index is 6.39. The summed E-state index contributed by atoms with van der Waals surface area (Å²) in [6.45, 7) is 9.17. The number of aryl methyl sites for hydroxylation is 1. The van der Waals surface area contributed by atoms with Crippen molar-refractivity contribution in [2.75, 3.05) is 5.73 Å². The normalized spacial score (nSPS) is 23.6. The van der Waals surface area contributed by atoms with Gasteiger partial charge in [-0.05, 0) is 56.1 Å². The summed E-state index contributed by atoms with van der Waals surface area (Å²) in [5, 5.41) is 0. The Balaban J connectivity index is 1.86. The minimum atomic E-state index is 0.423. The lowest BCUT2D eigenvalue weighted by Gasteiger charge is -2.36. The SMILES string of the molecule is Cc1cccc2nc(C3CCC(C(C)(C)C)CC3)c(N)n12. The molecule has 2 aromatic heterocycles. The van der Waals surface area contributed by atoms with E-state index in [1.807, 2.05) is 6.07 Å². The second-order valence-corrected chi connectivity index (χ2v) is 7.66. The summed E-state index contributed by atoms with van der Waals surface area (Å²) in [5.74, 6) is 2.21. The zero-order chi connectivity index (χ0) is 15.2. The van der Waals surface area contributed by atoms with E-state index in [2.05, 4.69) is 44.2 Å². The van der Waals surface area contributed by atoms with E-state index in [0.717, 1.165) is 28.8 Å². The van der Waals surface area contributed by atoms with Gasteiger partial charge in [-0.25, -0.2) is 4.98 Å². The van der Waals surface area contributed by atoms with Crippen LogP contribution in [0.1, 0.15) is 63.8 Å². The van der Waals surface area contributed by atoms with Crippen LogP contribution in [0.25, 0.3) is 5.65 Å². The minimum Gasteiger partial charge on any atom is -0.383 e. The van der Waals surface area contributed by atoms with E-state index in [-0.39, 0.29) is 0 Å². The van der Waals surface area contributed by atoms with Crippen LogP contribution in [0.3, 0.4) is 0 Å². The van der Waals surface area contributed by atoms with E-state index < -0.39 is 0 Å². The maximum Gasteiger partial charge on any atom is 0.138 e. The van der Waals surface area contributed by atoms with E-state index in [9.17, 15) is 0 Å². The van der Waals surface area contributed by atoms with Gasteiger partial charge in [0.05, 0.1) is 5.69 Å². The highest BCUT2D eigenvalue weighted by Gasteiger charge is 2.32. The van der Waals surface area contributed by atoms with Crippen molar-refractivity contribution in [1.29, 1.82) is 0 Å². The Bertz CT molecular complexity index is 640. The molecule has 0 amide bonds. The first-order valence-corrected chi connectivity index (χ1v) is 8.11. The maximum atomic E-state index is 6.39. The largest absolute Gasteiger partial charge is 0.383 e. The van der Waals surface area contributed by atoms with E-state index in [0.29, 0.717) is 11.3 Å². The summed E-state index contributed by atoms with van der Waals surface area (Å²) in [7, 11) is 0. The lowest BCUT2D eigenvalue weighted by Crippen LogP contribution is -2.25. The van der Waals surface area contributed by atoms with Crippen molar-refractivity contribution in [3.8, 4) is 0 Å². The lowest BCUT2D eigenvalue weighted by molar-refractivity contribution is 0.168.